The summed E-state index contributed by atoms with van der Waals surface area (Å²) in [7, 11) is 0. The third-order valence-electron chi connectivity index (χ3n) is 8.46. The molecule has 4 N–H and O–H groups in total. The number of carbonyl (C=O) groups excluding carboxylic acids is 1. The lowest BCUT2D eigenvalue weighted by atomic mass is 9.80. The number of aliphatic hydroxyl groups excluding tert-OH is 1. The van der Waals surface area contributed by atoms with Gasteiger partial charge in [0.15, 0.2) is 0 Å². The van der Waals surface area contributed by atoms with E-state index >= 15 is 0 Å². The average molecular weight is 500 g/mol. The summed E-state index contributed by atoms with van der Waals surface area (Å²) >= 11 is 0. The van der Waals surface area contributed by atoms with E-state index in [1.165, 1.54) is 0 Å². The van der Waals surface area contributed by atoms with Gasteiger partial charge in [-0.2, -0.15) is 0 Å². The van der Waals surface area contributed by atoms with Crippen LogP contribution in [0, 0.1) is 11.8 Å². The summed E-state index contributed by atoms with van der Waals surface area (Å²) in [5.41, 5.74) is 0.753. The molecule has 1 saturated carbocycles. The van der Waals surface area contributed by atoms with Crippen molar-refractivity contribution in [2.75, 3.05) is 39.5 Å². The van der Waals surface area contributed by atoms with Crippen LogP contribution < -0.4 is 10.1 Å². The zero-order valence-corrected chi connectivity index (χ0v) is 21.4. The van der Waals surface area contributed by atoms with Crippen molar-refractivity contribution in [2.45, 2.75) is 69.6 Å². The zero-order valence-electron chi connectivity index (χ0n) is 21.4. The molecule has 3 heterocycles. The smallest absolute Gasteiger partial charge is 0.267 e. The maximum atomic E-state index is 13.0. The van der Waals surface area contributed by atoms with Crippen LogP contribution in [0.1, 0.15) is 62.4 Å². The summed E-state index contributed by atoms with van der Waals surface area (Å²) in [6, 6.07) is 7.79. The van der Waals surface area contributed by atoms with Gasteiger partial charge < -0.3 is 34.9 Å². The molecule has 3 fully saturated rings. The molecule has 2 saturated heterocycles. The number of carbonyl (C=O) groups is 1. The first-order chi connectivity index (χ1) is 17.4. The molecule has 3 aliphatic rings. The van der Waals surface area contributed by atoms with Crippen molar-refractivity contribution in [1.29, 1.82) is 0 Å². The quantitative estimate of drug-likeness (QED) is 0.445. The van der Waals surface area contributed by atoms with Crippen molar-refractivity contribution >= 4 is 16.8 Å². The number of H-pyrrole nitrogens is 1. The number of aliphatic hydroxyl groups is 2. The summed E-state index contributed by atoms with van der Waals surface area (Å²) in [6.45, 7) is 6.90. The van der Waals surface area contributed by atoms with Crippen LogP contribution in [0.2, 0.25) is 0 Å². The van der Waals surface area contributed by atoms with Crippen LogP contribution in [-0.4, -0.2) is 83.2 Å². The lowest BCUT2D eigenvalue weighted by Crippen LogP contribution is -2.47. The van der Waals surface area contributed by atoms with Crippen LogP contribution in [0.5, 0.6) is 5.75 Å². The number of fused-ring (bicyclic) bond motifs is 1. The van der Waals surface area contributed by atoms with Crippen molar-refractivity contribution in [3.8, 4) is 5.75 Å². The number of piperidine rings is 1. The Labute approximate surface area is 213 Å². The lowest BCUT2D eigenvalue weighted by molar-refractivity contribution is -0.0272. The first-order valence-electron chi connectivity index (χ1n) is 13.6. The van der Waals surface area contributed by atoms with Crippen molar-refractivity contribution in [2.24, 2.45) is 11.8 Å². The molecule has 5 rings (SSSR count). The molecule has 2 aromatic rings. The van der Waals surface area contributed by atoms with E-state index in [0.29, 0.717) is 31.1 Å². The minimum atomic E-state index is -0.668. The predicted molar refractivity (Wildman–Crippen MR) is 138 cm³/mol. The highest BCUT2D eigenvalue weighted by Crippen LogP contribution is 2.33. The molecule has 2 aliphatic heterocycles. The molecule has 36 heavy (non-hydrogen) atoms. The van der Waals surface area contributed by atoms with Gasteiger partial charge in [0.25, 0.3) is 5.91 Å². The van der Waals surface area contributed by atoms with Gasteiger partial charge in [0.05, 0.1) is 24.9 Å². The Balaban J connectivity index is 1.11. The van der Waals surface area contributed by atoms with E-state index in [0.717, 1.165) is 81.6 Å². The Hall–Kier alpha value is -2.13. The number of nitrogens with one attached hydrogen (secondary N) is 2. The monoisotopic (exact) mass is 499 g/mol. The number of aromatic nitrogens is 1. The predicted octanol–water partition coefficient (Wildman–Crippen LogP) is 3.08. The molecule has 1 aromatic heterocycles. The Morgan fingerprint density at radius 3 is 2.86 bits per heavy atom. The van der Waals surface area contributed by atoms with Gasteiger partial charge in [0, 0.05) is 49.1 Å². The van der Waals surface area contributed by atoms with Gasteiger partial charge in [0.1, 0.15) is 11.4 Å². The number of rotatable bonds is 8. The molecular weight excluding hydrogens is 458 g/mol. The molecule has 1 aliphatic carbocycles. The Bertz CT molecular complexity index is 1030. The van der Waals surface area contributed by atoms with Gasteiger partial charge in [-0.3, -0.25) is 4.79 Å². The molecular formula is C28H41N3O5. The van der Waals surface area contributed by atoms with Gasteiger partial charge in [-0.15, -0.1) is 0 Å². The highest BCUT2D eigenvalue weighted by atomic mass is 16.5. The van der Waals surface area contributed by atoms with E-state index in [4.69, 9.17) is 9.47 Å². The topological polar surface area (TPSA) is 107 Å². The van der Waals surface area contributed by atoms with Gasteiger partial charge in [-0.25, -0.2) is 0 Å². The number of amides is 1. The number of hydrogen-bond acceptors (Lipinski definition) is 6. The molecule has 1 aromatic carbocycles. The maximum Gasteiger partial charge on any atom is 0.267 e. The second kappa shape index (κ2) is 11.1. The summed E-state index contributed by atoms with van der Waals surface area (Å²) in [5, 5.41) is 25.2. The Morgan fingerprint density at radius 1 is 1.28 bits per heavy atom. The number of nitrogens with zero attached hydrogens (tertiary/aromatic N) is 1. The number of likely N-dealkylation sites (tertiary alicyclic amines) is 1. The summed E-state index contributed by atoms with van der Waals surface area (Å²) < 4.78 is 11.5. The van der Waals surface area contributed by atoms with Crippen LogP contribution in [-0.2, 0) is 4.74 Å². The van der Waals surface area contributed by atoms with Crippen molar-refractivity contribution < 1.29 is 24.5 Å². The Morgan fingerprint density at radius 2 is 2.11 bits per heavy atom. The molecule has 0 radical (unpaired) electrons. The van der Waals surface area contributed by atoms with E-state index in [1.807, 2.05) is 24.3 Å². The minimum Gasteiger partial charge on any atom is -0.493 e. The molecule has 198 valence electrons. The highest BCUT2D eigenvalue weighted by Gasteiger charge is 2.35. The number of aromatic amines is 1. The molecule has 0 bridgehead atoms. The van der Waals surface area contributed by atoms with Crippen LogP contribution >= 0.6 is 0 Å². The third kappa shape index (κ3) is 6.05. The molecule has 1 amide bonds. The fraction of sp³-hybridized carbons (Fsp3) is 0.679. The molecule has 8 heteroatoms. The summed E-state index contributed by atoms with van der Waals surface area (Å²) in [6.07, 6.45) is 5.31. The average Bonchev–Trinajstić information content (AvgIpc) is 3.55. The van der Waals surface area contributed by atoms with E-state index in [2.05, 4.69) is 22.1 Å². The normalized spacial score (nSPS) is 31.5. The van der Waals surface area contributed by atoms with Crippen molar-refractivity contribution in [3.05, 3.63) is 30.0 Å². The number of ether oxygens (including phenoxy) is 2. The lowest BCUT2D eigenvalue weighted by Gasteiger charge is -2.39. The van der Waals surface area contributed by atoms with Gasteiger partial charge in [0.2, 0.25) is 0 Å². The summed E-state index contributed by atoms with van der Waals surface area (Å²) in [4.78, 5) is 18.6. The second-order valence-corrected chi connectivity index (χ2v) is 11.3. The minimum absolute atomic E-state index is 0.0624. The Kier molecular flexibility index (Phi) is 7.86. The fourth-order valence-corrected chi connectivity index (χ4v) is 5.90. The molecule has 1 unspecified atom stereocenters. The first kappa shape index (κ1) is 25.5. The first-order valence-corrected chi connectivity index (χ1v) is 13.6. The standard InChI is InChI=1S/C28H41N3O5/c1-19-16-31(12-7-25(19)32)13-11-28(34)9-5-21(6-10-28)29-27(33)24-15-22-23(30-24)3-2-4-26(22)36-18-20-8-14-35-17-20/h2-4,15,19-21,25,30,32,34H,5-14,16-18H2,1H3,(H,29,33)/t19-,20?,21-,25-,28+/m0/s1. The molecule has 8 nitrogen and oxygen atoms in total. The summed E-state index contributed by atoms with van der Waals surface area (Å²) in [5.74, 6) is 1.38. The number of benzene rings is 1. The van der Waals surface area contributed by atoms with Crippen LogP contribution in [0.4, 0.5) is 0 Å². The molecule has 0 spiro atoms. The highest BCUT2D eigenvalue weighted by molar-refractivity contribution is 5.99. The van der Waals surface area contributed by atoms with Crippen LogP contribution in [0.3, 0.4) is 0 Å². The fourth-order valence-electron chi connectivity index (χ4n) is 5.90. The van der Waals surface area contributed by atoms with Crippen LogP contribution in [0.15, 0.2) is 24.3 Å². The maximum absolute atomic E-state index is 13.0. The van der Waals surface area contributed by atoms with Crippen molar-refractivity contribution in [1.82, 2.24) is 15.2 Å². The van der Waals surface area contributed by atoms with E-state index in [1.54, 1.807) is 0 Å². The van der Waals surface area contributed by atoms with Crippen molar-refractivity contribution in [3.63, 3.8) is 0 Å². The third-order valence-corrected chi connectivity index (χ3v) is 8.46. The zero-order chi connectivity index (χ0) is 25.1. The largest absolute Gasteiger partial charge is 0.493 e. The SMILES string of the molecule is C[C@H]1CN(CC[C@]2(O)CC[C@@H](NC(=O)c3cc4c(OCC5CCOC5)cccc4[nH]3)CC2)CC[C@@H]1O. The van der Waals surface area contributed by atoms with E-state index in [9.17, 15) is 15.0 Å². The molecule has 3 atom stereocenters. The second-order valence-electron chi connectivity index (χ2n) is 11.3. The van der Waals surface area contributed by atoms with Crippen LogP contribution in [0.25, 0.3) is 10.9 Å². The van der Waals surface area contributed by atoms with E-state index in [-0.39, 0.29) is 24.0 Å². The van der Waals surface area contributed by atoms with Gasteiger partial charge in [-0.05, 0) is 69.1 Å². The van der Waals surface area contributed by atoms with Gasteiger partial charge in [-0.1, -0.05) is 13.0 Å². The van der Waals surface area contributed by atoms with Gasteiger partial charge >= 0.3 is 0 Å². The number of hydrogen-bond donors (Lipinski definition) is 4. The van der Waals surface area contributed by atoms with E-state index < -0.39 is 5.60 Å².